The number of carbonyl (C=O) groups is 2. The monoisotopic (exact) mass is 373 g/mol. The second kappa shape index (κ2) is 9.06. The van der Waals surface area contributed by atoms with Gasteiger partial charge in [0.25, 0.3) is 0 Å². The van der Waals surface area contributed by atoms with Crippen LogP contribution in [0, 0.1) is 6.92 Å². The number of amides is 1. The molecule has 0 saturated carbocycles. The Morgan fingerprint density at radius 2 is 1.88 bits per heavy atom. The first kappa shape index (κ1) is 19.5. The van der Waals surface area contributed by atoms with Crippen molar-refractivity contribution in [2.45, 2.75) is 13.8 Å². The smallest absolute Gasteiger partial charge is 0.341 e. The summed E-state index contributed by atoms with van der Waals surface area (Å²) < 4.78 is 10.2. The Bertz CT molecular complexity index is 828. The average Bonchev–Trinajstić information content (AvgIpc) is 2.62. The highest BCUT2D eigenvalue weighted by Crippen LogP contribution is 2.31. The number of carbonyl (C=O) groups excluding carboxylic acids is 2. The van der Waals surface area contributed by atoms with Crippen LogP contribution >= 0.6 is 11.6 Å². The van der Waals surface area contributed by atoms with E-state index in [1.165, 1.54) is 25.3 Å². The van der Waals surface area contributed by atoms with Gasteiger partial charge in [0.1, 0.15) is 11.3 Å². The van der Waals surface area contributed by atoms with Gasteiger partial charge >= 0.3 is 5.97 Å². The van der Waals surface area contributed by atoms with Crippen LogP contribution in [0.4, 0.5) is 5.69 Å². The zero-order chi connectivity index (χ0) is 19.1. The molecular weight excluding hydrogens is 354 g/mol. The summed E-state index contributed by atoms with van der Waals surface area (Å²) >= 11 is 6.18. The lowest BCUT2D eigenvalue weighted by molar-refractivity contribution is -0.111. The number of anilines is 1. The molecule has 0 unspecified atom stereocenters. The van der Waals surface area contributed by atoms with Crippen LogP contribution in [0.5, 0.6) is 5.75 Å². The number of methoxy groups -OCH3 is 1. The molecule has 0 saturated heterocycles. The fraction of sp³-hybridized carbons (Fsp3) is 0.200. The van der Waals surface area contributed by atoms with E-state index < -0.39 is 5.97 Å². The van der Waals surface area contributed by atoms with Crippen molar-refractivity contribution in [1.29, 1.82) is 0 Å². The molecule has 0 bridgehead atoms. The van der Waals surface area contributed by atoms with E-state index in [1.54, 1.807) is 13.0 Å². The van der Waals surface area contributed by atoms with E-state index in [1.807, 2.05) is 31.2 Å². The summed E-state index contributed by atoms with van der Waals surface area (Å²) in [4.78, 5) is 24.1. The Hall–Kier alpha value is -2.79. The van der Waals surface area contributed by atoms with E-state index in [4.69, 9.17) is 21.1 Å². The van der Waals surface area contributed by atoms with Gasteiger partial charge in [-0.1, -0.05) is 41.4 Å². The molecular formula is C20H20ClNO4. The summed E-state index contributed by atoms with van der Waals surface area (Å²) in [6.07, 6.45) is 3.11. The summed E-state index contributed by atoms with van der Waals surface area (Å²) in [6, 6.07) is 10.7. The molecule has 136 valence electrons. The maximum absolute atomic E-state index is 12.1. The summed E-state index contributed by atoms with van der Waals surface area (Å²) in [5.74, 6) is -0.618. The number of nitrogens with one attached hydrogen (secondary N) is 1. The highest BCUT2D eigenvalue weighted by molar-refractivity contribution is 6.34. The van der Waals surface area contributed by atoms with Gasteiger partial charge in [-0.25, -0.2) is 4.79 Å². The lowest BCUT2D eigenvalue weighted by Crippen LogP contribution is -2.11. The van der Waals surface area contributed by atoms with E-state index in [0.29, 0.717) is 5.69 Å². The number of hydrogen-bond donors (Lipinski definition) is 1. The number of hydrogen-bond acceptors (Lipinski definition) is 4. The molecule has 0 atom stereocenters. The Labute approximate surface area is 157 Å². The molecule has 2 aromatic carbocycles. The predicted octanol–water partition coefficient (Wildman–Crippen LogP) is 4.49. The third-order valence-electron chi connectivity index (χ3n) is 3.55. The van der Waals surface area contributed by atoms with Gasteiger partial charge in [0.2, 0.25) is 5.91 Å². The maximum Gasteiger partial charge on any atom is 0.341 e. The molecule has 1 amide bonds. The fourth-order valence-corrected chi connectivity index (χ4v) is 2.42. The van der Waals surface area contributed by atoms with E-state index in [9.17, 15) is 9.59 Å². The van der Waals surface area contributed by atoms with Gasteiger partial charge in [0, 0.05) is 12.1 Å². The molecule has 0 spiro atoms. The van der Waals surface area contributed by atoms with Crippen LogP contribution in [0.2, 0.25) is 5.02 Å². The zero-order valence-corrected chi connectivity index (χ0v) is 15.6. The van der Waals surface area contributed by atoms with E-state index in [-0.39, 0.29) is 28.8 Å². The highest BCUT2D eigenvalue weighted by atomic mass is 35.5. The predicted molar refractivity (Wildman–Crippen MR) is 103 cm³/mol. The van der Waals surface area contributed by atoms with E-state index >= 15 is 0 Å². The largest absolute Gasteiger partial charge is 0.496 e. The summed E-state index contributed by atoms with van der Waals surface area (Å²) in [5.41, 5.74) is 2.60. The second-order valence-corrected chi connectivity index (χ2v) is 5.89. The van der Waals surface area contributed by atoms with Gasteiger partial charge in [-0.3, -0.25) is 4.79 Å². The van der Waals surface area contributed by atoms with Crippen LogP contribution in [-0.2, 0) is 9.53 Å². The Morgan fingerprint density at radius 1 is 1.19 bits per heavy atom. The molecule has 6 heteroatoms. The first-order chi connectivity index (χ1) is 12.4. The third kappa shape index (κ3) is 5.10. The second-order valence-electron chi connectivity index (χ2n) is 5.49. The van der Waals surface area contributed by atoms with Crippen LogP contribution in [-0.4, -0.2) is 25.6 Å². The average molecular weight is 374 g/mol. The molecule has 26 heavy (non-hydrogen) atoms. The number of aryl methyl sites for hydroxylation is 1. The Balaban J connectivity index is 2.16. The summed E-state index contributed by atoms with van der Waals surface area (Å²) in [6.45, 7) is 3.94. The summed E-state index contributed by atoms with van der Waals surface area (Å²) in [7, 11) is 1.43. The third-order valence-corrected chi connectivity index (χ3v) is 3.86. The van der Waals surface area contributed by atoms with E-state index in [2.05, 4.69) is 5.32 Å². The molecule has 1 N–H and O–H groups in total. The molecule has 0 aliphatic rings. The molecule has 2 aromatic rings. The summed E-state index contributed by atoms with van der Waals surface area (Å²) in [5, 5.41) is 2.89. The van der Waals surface area contributed by atoms with Gasteiger partial charge in [0.05, 0.1) is 24.4 Å². The molecule has 0 aromatic heterocycles. The maximum atomic E-state index is 12.1. The Morgan fingerprint density at radius 3 is 2.50 bits per heavy atom. The quantitative estimate of drug-likeness (QED) is 0.598. The number of rotatable bonds is 6. The molecule has 0 heterocycles. The van der Waals surface area contributed by atoms with Crippen LogP contribution < -0.4 is 10.1 Å². The minimum absolute atomic E-state index is 0.201. The molecule has 0 radical (unpaired) electrons. The molecule has 2 rings (SSSR count). The fourth-order valence-electron chi connectivity index (χ4n) is 2.21. The number of halogens is 1. The van der Waals surface area contributed by atoms with Crippen molar-refractivity contribution in [2.24, 2.45) is 0 Å². The minimum atomic E-state index is -0.539. The minimum Gasteiger partial charge on any atom is -0.496 e. The first-order valence-corrected chi connectivity index (χ1v) is 8.42. The lowest BCUT2D eigenvalue weighted by Gasteiger charge is -2.12. The van der Waals surface area contributed by atoms with Crippen LogP contribution in [0.3, 0.4) is 0 Å². The van der Waals surface area contributed by atoms with Crippen molar-refractivity contribution in [3.8, 4) is 5.75 Å². The number of ether oxygens (including phenoxy) is 2. The molecule has 5 nitrogen and oxygen atoms in total. The van der Waals surface area contributed by atoms with Crippen molar-refractivity contribution in [3.63, 3.8) is 0 Å². The molecule has 0 aliphatic heterocycles. The van der Waals surface area contributed by atoms with Crippen molar-refractivity contribution >= 4 is 35.2 Å². The van der Waals surface area contributed by atoms with Crippen molar-refractivity contribution in [2.75, 3.05) is 19.0 Å². The van der Waals surface area contributed by atoms with Gasteiger partial charge in [-0.15, -0.1) is 0 Å². The van der Waals surface area contributed by atoms with Crippen molar-refractivity contribution < 1.29 is 19.1 Å². The van der Waals surface area contributed by atoms with Crippen molar-refractivity contribution in [1.82, 2.24) is 0 Å². The SMILES string of the molecule is CCOC(=O)c1cc(Cl)c(NC(=O)/C=C/c2ccc(C)cc2)cc1OC. The number of esters is 1. The van der Waals surface area contributed by atoms with E-state index in [0.717, 1.165) is 11.1 Å². The topological polar surface area (TPSA) is 64.6 Å². The first-order valence-electron chi connectivity index (χ1n) is 8.05. The van der Waals surface area contributed by atoms with Crippen molar-refractivity contribution in [3.05, 3.63) is 64.2 Å². The van der Waals surface area contributed by atoms with Gasteiger partial charge < -0.3 is 14.8 Å². The van der Waals surface area contributed by atoms with Gasteiger partial charge in [-0.05, 0) is 31.6 Å². The molecule has 0 fully saturated rings. The van der Waals surface area contributed by atoms with Crippen LogP contribution in [0.25, 0.3) is 6.08 Å². The lowest BCUT2D eigenvalue weighted by atomic mass is 10.1. The van der Waals surface area contributed by atoms with Crippen LogP contribution in [0.1, 0.15) is 28.4 Å². The highest BCUT2D eigenvalue weighted by Gasteiger charge is 2.17. The normalized spacial score (nSPS) is 10.6. The standard InChI is InChI=1S/C20H20ClNO4/c1-4-26-20(24)15-11-16(21)17(12-18(15)25-3)22-19(23)10-9-14-7-5-13(2)6-8-14/h5-12H,4H2,1-3H3,(H,22,23)/b10-9+. The zero-order valence-electron chi connectivity index (χ0n) is 14.8. The van der Waals surface area contributed by atoms with Crippen LogP contribution in [0.15, 0.2) is 42.5 Å². The van der Waals surface area contributed by atoms with Gasteiger partial charge in [-0.2, -0.15) is 0 Å². The Kier molecular flexibility index (Phi) is 6.81. The number of benzene rings is 2. The van der Waals surface area contributed by atoms with Gasteiger partial charge in [0.15, 0.2) is 0 Å². The molecule has 0 aliphatic carbocycles.